The Morgan fingerprint density at radius 1 is 1.39 bits per heavy atom. The maximum atomic E-state index is 12.8. The predicted molar refractivity (Wildman–Crippen MR) is 68.6 cm³/mol. The van der Waals surface area contributed by atoms with Crippen molar-refractivity contribution in [3.8, 4) is 0 Å². The molecule has 6 heteroatoms. The van der Waals surface area contributed by atoms with E-state index in [1.165, 1.54) is 12.1 Å². The normalized spacial score (nSPS) is 20.1. The number of rotatable bonds is 3. The number of benzene rings is 1. The molecule has 2 nitrogen and oxygen atoms in total. The first-order chi connectivity index (χ1) is 8.47. The van der Waals surface area contributed by atoms with E-state index in [0.717, 1.165) is 25.6 Å². The molecule has 0 aromatic heterocycles. The van der Waals surface area contributed by atoms with Crippen LogP contribution in [-0.2, 0) is 6.18 Å². The van der Waals surface area contributed by atoms with Gasteiger partial charge in [-0.05, 0) is 43.6 Å². The highest BCUT2D eigenvalue weighted by atomic mass is 79.9. The first-order valence-electron chi connectivity index (χ1n) is 5.78. The molecule has 1 aliphatic rings. The van der Waals surface area contributed by atoms with Crippen molar-refractivity contribution in [3.05, 3.63) is 28.2 Å². The molecule has 1 heterocycles. The van der Waals surface area contributed by atoms with Gasteiger partial charge >= 0.3 is 6.18 Å². The Morgan fingerprint density at radius 2 is 2.17 bits per heavy atom. The highest BCUT2D eigenvalue weighted by Crippen LogP contribution is 2.36. The van der Waals surface area contributed by atoms with Gasteiger partial charge < -0.3 is 10.6 Å². The van der Waals surface area contributed by atoms with Crippen molar-refractivity contribution in [3.63, 3.8) is 0 Å². The monoisotopic (exact) mass is 322 g/mol. The minimum Gasteiger partial charge on any atom is -0.384 e. The van der Waals surface area contributed by atoms with Crippen LogP contribution in [0.25, 0.3) is 0 Å². The molecule has 1 unspecified atom stereocenters. The summed E-state index contributed by atoms with van der Waals surface area (Å²) in [5, 5.41) is 6.11. The van der Waals surface area contributed by atoms with Gasteiger partial charge in [0, 0.05) is 16.7 Å². The van der Waals surface area contributed by atoms with Gasteiger partial charge in [-0.2, -0.15) is 13.2 Å². The van der Waals surface area contributed by atoms with Gasteiger partial charge in [0.05, 0.1) is 5.56 Å². The summed E-state index contributed by atoms with van der Waals surface area (Å²) in [6, 6.07) is 3.98. The zero-order valence-corrected chi connectivity index (χ0v) is 11.2. The second-order valence-corrected chi connectivity index (χ2v) is 5.34. The number of hydrogen-bond acceptors (Lipinski definition) is 2. The summed E-state index contributed by atoms with van der Waals surface area (Å²) in [5.74, 6) is 0.394. The quantitative estimate of drug-likeness (QED) is 0.890. The van der Waals surface area contributed by atoms with Crippen LogP contribution in [0.1, 0.15) is 12.0 Å². The fourth-order valence-electron chi connectivity index (χ4n) is 2.05. The summed E-state index contributed by atoms with van der Waals surface area (Å²) < 4.78 is 39.1. The van der Waals surface area contributed by atoms with Crippen molar-refractivity contribution in [2.45, 2.75) is 12.6 Å². The van der Waals surface area contributed by atoms with Crippen molar-refractivity contribution < 1.29 is 13.2 Å². The zero-order valence-electron chi connectivity index (χ0n) is 9.65. The third-order valence-electron chi connectivity index (χ3n) is 3.03. The average Bonchev–Trinajstić information content (AvgIpc) is 2.77. The molecule has 1 fully saturated rings. The van der Waals surface area contributed by atoms with E-state index in [-0.39, 0.29) is 5.69 Å². The van der Waals surface area contributed by atoms with Crippen molar-refractivity contribution >= 4 is 21.6 Å². The number of anilines is 1. The molecule has 1 atom stereocenters. The summed E-state index contributed by atoms with van der Waals surface area (Å²) in [4.78, 5) is 0. The number of alkyl halides is 3. The van der Waals surface area contributed by atoms with Gasteiger partial charge in [-0.1, -0.05) is 15.9 Å². The van der Waals surface area contributed by atoms with E-state index in [1.807, 2.05) is 0 Å². The fourth-order valence-corrected chi connectivity index (χ4v) is 2.41. The lowest BCUT2D eigenvalue weighted by atomic mass is 10.1. The SMILES string of the molecule is FC(F)(F)c1ccc(Br)cc1NCC1CCNC1. The lowest BCUT2D eigenvalue weighted by Crippen LogP contribution is -2.19. The smallest absolute Gasteiger partial charge is 0.384 e. The summed E-state index contributed by atoms with van der Waals surface area (Å²) in [6.45, 7) is 2.37. The topological polar surface area (TPSA) is 24.1 Å². The van der Waals surface area contributed by atoms with Gasteiger partial charge in [0.25, 0.3) is 0 Å². The Labute approximate surface area is 112 Å². The minimum absolute atomic E-state index is 0.142. The van der Waals surface area contributed by atoms with Crippen LogP contribution in [0.2, 0.25) is 0 Å². The molecule has 100 valence electrons. The molecule has 2 N–H and O–H groups in total. The Morgan fingerprint density at radius 3 is 2.78 bits per heavy atom. The van der Waals surface area contributed by atoms with E-state index in [2.05, 4.69) is 26.6 Å². The molecule has 2 rings (SSSR count). The van der Waals surface area contributed by atoms with Crippen molar-refractivity contribution in [1.29, 1.82) is 0 Å². The first kappa shape index (κ1) is 13.7. The summed E-state index contributed by atoms with van der Waals surface area (Å²) in [6.07, 6.45) is -3.32. The van der Waals surface area contributed by atoms with Gasteiger partial charge in [-0.15, -0.1) is 0 Å². The van der Waals surface area contributed by atoms with E-state index in [1.54, 1.807) is 0 Å². The third-order valence-corrected chi connectivity index (χ3v) is 3.52. The van der Waals surface area contributed by atoms with Crippen LogP contribution in [-0.4, -0.2) is 19.6 Å². The van der Waals surface area contributed by atoms with Crippen LogP contribution < -0.4 is 10.6 Å². The summed E-state index contributed by atoms with van der Waals surface area (Å²) in [7, 11) is 0. The number of nitrogens with one attached hydrogen (secondary N) is 2. The second kappa shape index (κ2) is 5.48. The van der Waals surface area contributed by atoms with Gasteiger partial charge in [0.15, 0.2) is 0 Å². The Hall–Kier alpha value is -0.750. The van der Waals surface area contributed by atoms with E-state index < -0.39 is 11.7 Å². The van der Waals surface area contributed by atoms with Crippen molar-refractivity contribution in [1.82, 2.24) is 5.32 Å². The van der Waals surface area contributed by atoms with Gasteiger partial charge in [0.1, 0.15) is 0 Å². The molecule has 0 aliphatic carbocycles. The molecular weight excluding hydrogens is 309 g/mol. The van der Waals surface area contributed by atoms with Gasteiger partial charge in [-0.3, -0.25) is 0 Å². The molecule has 0 saturated carbocycles. The Bertz CT molecular complexity index is 414. The first-order valence-corrected chi connectivity index (χ1v) is 6.57. The predicted octanol–water partition coefficient (Wildman–Crippen LogP) is 3.49. The van der Waals surface area contributed by atoms with Crippen LogP contribution >= 0.6 is 15.9 Å². The third kappa shape index (κ3) is 3.38. The van der Waals surface area contributed by atoms with Gasteiger partial charge in [-0.25, -0.2) is 0 Å². The van der Waals surface area contributed by atoms with Gasteiger partial charge in [0.2, 0.25) is 0 Å². The van der Waals surface area contributed by atoms with Crippen LogP contribution in [0.3, 0.4) is 0 Å². The second-order valence-electron chi connectivity index (χ2n) is 4.43. The van der Waals surface area contributed by atoms with E-state index in [9.17, 15) is 13.2 Å². The molecule has 1 aliphatic heterocycles. The van der Waals surface area contributed by atoms with E-state index in [4.69, 9.17) is 0 Å². The van der Waals surface area contributed by atoms with Crippen molar-refractivity contribution in [2.24, 2.45) is 5.92 Å². The highest BCUT2D eigenvalue weighted by molar-refractivity contribution is 9.10. The fraction of sp³-hybridized carbons (Fsp3) is 0.500. The maximum Gasteiger partial charge on any atom is 0.418 e. The largest absolute Gasteiger partial charge is 0.418 e. The molecule has 18 heavy (non-hydrogen) atoms. The molecule has 0 bridgehead atoms. The van der Waals surface area contributed by atoms with Crippen LogP contribution in [0.4, 0.5) is 18.9 Å². The number of halogens is 4. The molecular formula is C12H14BrF3N2. The molecule has 0 radical (unpaired) electrons. The molecule has 0 spiro atoms. The Balaban J connectivity index is 2.12. The number of hydrogen-bond donors (Lipinski definition) is 2. The Kier molecular flexibility index (Phi) is 4.17. The van der Waals surface area contributed by atoms with Crippen LogP contribution in [0.15, 0.2) is 22.7 Å². The average molecular weight is 323 g/mol. The van der Waals surface area contributed by atoms with Crippen LogP contribution in [0.5, 0.6) is 0 Å². The lowest BCUT2D eigenvalue weighted by molar-refractivity contribution is -0.137. The zero-order chi connectivity index (χ0) is 13.2. The molecule has 1 aromatic rings. The minimum atomic E-state index is -4.32. The molecule has 1 aromatic carbocycles. The highest BCUT2D eigenvalue weighted by Gasteiger charge is 2.33. The molecule has 1 saturated heterocycles. The summed E-state index contributed by atoms with van der Waals surface area (Å²) >= 11 is 3.20. The van der Waals surface area contributed by atoms with E-state index >= 15 is 0 Å². The van der Waals surface area contributed by atoms with Crippen LogP contribution in [0, 0.1) is 5.92 Å². The van der Waals surface area contributed by atoms with Crippen molar-refractivity contribution in [2.75, 3.05) is 25.0 Å². The van der Waals surface area contributed by atoms with E-state index in [0.29, 0.717) is 16.9 Å². The summed E-state index contributed by atoms with van der Waals surface area (Å²) in [5.41, 5.74) is -0.472. The standard InChI is InChI=1S/C12H14BrF3N2/c13-9-1-2-10(12(14,15)16)11(5-9)18-7-8-3-4-17-6-8/h1-2,5,8,17-18H,3-4,6-7H2. The lowest BCUT2D eigenvalue weighted by Gasteiger charge is -2.17. The maximum absolute atomic E-state index is 12.8. The molecule has 0 amide bonds.